The highest BCUT2D eigenvalue weighted by molar-refractivity contribution is 5.98. The van der Waals surface area contributed by atoms with Gasteiger partial charge in [-0.25, -0.2) is 4.79 Å². The molecule has 0 aromatic heterocycles. The number of nitrogens with one attached hydrogen (secondary N) is 2. The molecule has 0 spiro atoms. The lowest BCUT2D eigenvalue weighted by Gasteiger charge is -2.15. The minimum atomic E-state index is -1.03. The summed E-state index contributed by atoms with van der Waals surface area (Å²) in [7, 11) is 0. The van der Waals surface area contributed by atoms with Crippen LogP contribution in [0.2, 0.25) is 0 Å². The molecule has 0 bridgehead atoms. The van der Waals surface area contributed by atoms with Crippen LogP contribution in [0, 0.1) is 10.1 Å². The van der Waals surface area contributed by atoms with Crippen molar-refractivity contribution in [2.75, 3.05) is 25.0 Å². The lowest BCUT2D eigenvalue weighted by atomic mass is 10.1. The number of nitro groups is 1. The van der Waals surface area contributed by atoms with E-state index in [0.29, 0.717) is 6.54 Å². The number of anilines is 1. The summed E-state index contributed by atoms with van der Waals surface area (Å²) in [6.07, 6.45) is -1.03. The van der Waals surface area contributed by atoms with Crippen molar-refractivity contribution in [3.8, 4) is 0 Å². The largest absolute Gasteiger partial charge is 0.449 e. The summed E-state index contributed by atoms with van der Waals surface area (Å²) in [4.78, 5) is 34.0. The maximum atomic E-state index is 12.2. The topological polar surface area (TPSA) is 131 Å². The molecule has 0 aliphatic rings. The van der Waals surface area contributed by atoms with Crippen LogP contribution in [0.25, 0.3) is 0 Å². The van der Waals surface area contributed by atoms with Gasteiger partial charge in [-0.2, -0.15) is 0 Å². The highest BCUT2D eigenvalue weighted by atomic mass is 16.6. The fourth-order valence-electron chi connectivity index (χ4n) is 1.75. The van der Waals surface area contributed by atoms with Gasteiger partial charge in [-0.05, 0) is 19.9 Å². The van der Waals surface area contributed by atoms with E-state index in [9.17, 15) is 19.7 Å². The second-order valence-corrected chi connectivity index (χ2v) is 4.58. The van der Waals surface area contributed by atoms with E-state index in [1.165, 1.54) is 19.1 Å². The molecule has 0 aliphatic heterocycles. The van der Waals surface area contributed by atoms with Gasteiger partial charge in [0.15, 0.2) is 6.10 Å². The van der Waals surface area contributed by atoms with Gasteiger partial charge in [0.25, 0.3) is 11.6 Å². The van der Waals surface area contributed by atoms with Crippen molar-refractivity contribution < 1.29 is 24.4 Å². The first-order valence-electron chi connectivity index (χ1n) is 7.02. The number of nitrogens with zero attached hydrogens (tertiary/aromatic N) is 1. The predicted octanol–water partition coefficient (Wildman–Crippen LogP) is 0.680. The maximum absolute atomic E-state index is 12.2. The molecule has 1 aromatic rings. The highest BCUT2D eigenvalue weighted by Gasteiger charge is 2.22. The third-order valence-electron chi connectivity index (χ3n) is 2.87. The van der Waals surface area contributed by atoms with E-state index in [1.807, 2.05) is 0 Å². The number of aliphatic hydroxyl groups is 1. The zero-order chi connectivity index (χ0) is 17.4. The molecule has 9 heteroatoms. The Kier molecular flexibility index (Phi) is 6.94. The van der Waals surface area contributed by atoms with Crippen molar-refractivity contribution in [1.29, 1.82) is 0 Å². The molecule has 126 valence electrons. The van der Waals surface area contributed by atoms with Crippen LogP contribution in [-0.4, -0.2) is 47.7 Å². The highest BCUT2D eigenvalue weighted by Crippen LogP contribution is 2.23. The van der Waals surface area contributed by atoms with Crippen LogP contribution in [0.15, 0.2) is 18.2 Å². The molecule has 0 unspecified atom stereocenters. The van der Waals surface area contributed by atoms with Crippen LogP contribution in [0.4, 0.5) is 11.4 Å². The molecule has 0 saturated heterocycles. The molecule has 3 N–H and O–H groups in total. The van der Waals surface area contributed by atoms with Gasteiger partial charge in [-0.3, -0.25) is 14.9 Å². The van der Waals surface area contributed by atoms with Crippen molar-refractivity contribution >= 4 is 23.3 Å². The Morgan fingerprint density at radius 1 is 1.43 bits per heavy atom. The average molecular weight is 325 g/mol. The molecule has 0 fully saturated rings. The lowest BCUT2D eigenvalue weighted by Crippen LogP contribution is -2.35. The Balaban J connectivity index is 3.01. The number of aliphatic hydroxyl groups excluding tert-OH is 1. The van der Waals surface area contributed by atoms with E-state index < -0.39 is 22.9 Å². The molecule has 1 aromatic carbocycles. The summed E-state index contributed by atoms with van der Waals surface area (Å²) in [5.41, 5.74) is -0.0845. The number of ether oxygens (including phenoxy) is 1. The Labute approximate surface area is 132 Å². The van der Waals surface area contributed by atoms with E-state index in [1.54, 1.807) is 6.92 Å². The fourth-order valence-corrected chi connectivity index (χ4v) is 1.75. The number of non-ortho nitro benzene ring substituents is 1. The Bertz CT molecular complexity index is 590. The van der Waals surface area contributed by atoms with Crippen LogP contribution in [0.3, 0.4) is 0 Å². The monoisotopic (exact) mass is 325 g/mol. The molecule has 9 nitrogen and oxygen atoms in total. The van der Waals surface area contributed by atoms with Crippen LogP contribution >= 0.6 is 0 Å². The predicted molar refractivity (Wildman–Crippen MR) is 82.2 cm³/mol. The number of carbonyl (C=O) groups is 2. The zero-order valence-electron chi connectivity index (χ0n) is 12.9. The molecule has 1 atom stereocenters. The summed E-state index contributed by atoms with van der Waals surface area (Å²) in [5.74, 6) is -1.33. The van der Waals surface area contributed by atoms with Gasteiger partial charge in [0.05, 0.1) is 17.1 Å². The number of rotatable bonds is 8. The minimum Gasteiger partial charge on any atom is -0.449 e. The van der Waals surface area contributed by atoms with Gasteiger partial charge < -0.3 is 20.5 Å². The molecule has 1 rings (SSSR count). The summed E-state index contributed by atoms with van der Waals surface area (Å²) in [6, 6.07) is 3.64. The number of nitro benzene ring substituents is 1. The van der Waals surface area contributed by atoms with E-state index in [-0.39, 0.29) is 30.1 Å². The summed E-state index contributed by atoms with van der Waals surface area (Å²) < 4.78 is 5.03. The number of amides is 1. The summed E-state index contributed by atoms with van der Waals surface area (Å²) in [6.45, 7) is 3.50. The second kappa shape index (κ2) is 8.69. The van der Waals surface area contributed by atoms with Crippen LogP contribution in [0.5, 0.6) is 0 Å². The van der Waals surface area contributed by atoms with Crippen molar-refractivity contribution in [2.45, 2.75) is 20.0 Å². The van der Waals surface area contributed by atoms with Gasteiger partial charge in [0.1, 0.15) is 0 Å². The van der Waals surface area contributed by atoms with Crippen molar-refractivity contribution in [1.82, 2.24) is 5.32 Å². The first-order chi connectivity index (χ1) is 10.9. The zero-order valence-corrected chi connectivity index (χ0v) is 12.9. The smallest absolute Gasteiger partial charge is 0.341 e. The Hall–Kier alpha value is -2.68. The Morgan fingerprint density at radius 2 is 2.13 bits per heavy atom. The average Bonchev–Trinajstić information content (AvgIpc) is 2.52. The number of benzene rings is 1. The Morgan fingerprint density at radius 3 is 2.70 bits per heavy atom. The summed E-state index contributed by atoms with van der Waals surface area (Å²) >= 11 is 0. The number of likely N-dealkylation sites (N-methyl/N-ethyl adjacent to an activating group) is 1. The maximum Gasteiger partial charge on any atom is 0.341 e. The van der Waals surface area contributed by atoms with Gasteiger partial charge in [-0.1, -0.05) is 0 Å². The van der Waals surface area contributed by atoms with Gasteiger partial charge in [-0.15, -0.1) is 0 Å². The van der Waals surface area contributed by atoms with Gasteiger partial charge in [0.2, 0.25) is 0 Å². The number of hydrogen-bond donors (Lipinski definition) is 3. The van der Waals surface area contributed by atoms with E-state index in [2.05, 4.69) is 10.6 Å². The number of hydrogen-bond acceptors (Lipinski definition) is 7. The normalized spacial score (nSPS) is 11.4. The molecule has 0 aliphatic carbocycles. The van der Waals surface area contributed by atoms with Crippen LogP contribution in [-0.2, 0) is 9.53 Å². The first-order valence-corrected chi connectivity index (χ1v) is 7.02. The molecule has 1 amide bonds. The summed E-state index contributed by atoms with van der Waals surface area (Å²) in [5, 5.41) is 25.0. The van der Waals surface area contributed by atoms with Crippen molar-refractivity contribution in [3.63, 3.8) is 0 Å². The van der Waals surface area contributed by atoms with E-state index in [0.717, 1.165) is 6.07 Å². The number of carbonyl (C=O) groups excluding carboxylic acids is 2. The van der Waals surface area contributed by atoms with E-state index in [4.69, 9.17) is 9.84 Å². The standard InChI is InChI=1S/C14H19N3O6/c1-3-15-13(19)9(2)23-14(20)11-8-10(17(21)22)4-5-12(11)16-6-7-18/h4-5,8-9,16,18H,3,6-7H2,1-2H3,(H,15,19)/t9-/m1/s1. The second-order valence-electron chi connectivity index (χ2n) is 4.58. The molecule has 0 heterocycles. The third kappa shape index (κ3) is 5.22. The van der Waals surface area contributed by atoms with Crippen LogP contribution in [0.1, 0.15) is 24.2 Å². The van der Waals surface area contributed by atoms with Crippen LogP contribution < -0.4 is 10.6 Å². The fraction of sp³-hybridized carbons (Fsp3) is 0.429. The van der Waals surface area contributed by atoms with Gasteiger partial charge >= 0.3 is 5.97 Å². The van der Waals surface area contributed by atoms with Gasteiger partial charge in [0, 0.05) is 30.9 Å². The third-order valence-corrected chi connectivity index (χ3v) is 2.87. The number of esters is 1. The lowest BCUT2D eigenvalue weighted by molar-refractivity contribution is -0.384. The van der Waals surface area contributed by atoms with Crippen molar-refractivity contribution in [2.24, 2.45) is 0 Å². The SMILES string of the molecule is CCNC(=O)[C@@H](C)OC(=O)c1cc([N+](=O)[O-])ccc1NCCO. The molecule has 0 radical (unpaired) electrons. The molecule has 23 heavy (non-hydrogen) atoms. The first kappa shape index (κ1) is 18.4. The quantitative estimate of drug-likeness (QED) is 0.364. The van der Waals surface area contributed by atoms with E-state index >= 15 is 0 Å². The molecule has 0 saturated carbocycles. The minimum absolute atomic E-state index is 0.0798. The molecular weight excluding hydrogens is 306 g/mol. The molecular formula is C14H19N3O6. The van der Waals surface area contributed by atoms with Crippen molar-refractivity contribution in [3.05, 3.63) is 33.9 Å².